The zero-order chi connectivity index (χ0) is 24.9. The molecule has 0 atom stereocenters. The fraction of sp³-hybridized carbons (Fsp3) is 0.429. The van der Waals surface area contributed by atoms with Gasteiger partial charge in [0.15, 0.2) is 11.6 Å². The Labute approximate surface area is 200 Å². The Morgan fingerprint density at radius 1 is 1.09 bits per heavy atom. The zero-order valence-corrected chi connectivity index (χ0v) is 21.4. The van der Waals surface area contributed by atoms with Crippen LogP contribution >= 0.6 is 0 Å². The summed E-state index contributed by atoms with van der Waals surface area (Å²) in [5, 5.41) is 0. The van der Waals surface area contributed by atoms with Crippen molar-refractivity contribution in [3.8, 4) is 0 Å². The van der Waals surface area contributed by atoms with Crippen molar-refractivity contribution in [1.82, 2.24) is 14.4 Å². The second-order valence-electron chi connectivity index (χ2n) is 9.55. The van der Waals surface area contributed by atoms with E-state index in [1.54, 1.807) is 16.7 Å². The number of carbonyl (C=O) groups excluding carboxylic acids is 2. The average molecular weight is 452 g/mol. The maximum absolute atomic E-state index is 12.8. The van der Waals surface area contributed by atoms with E-state index in [1.165, 1.54) is 18.1 Å². The summed E-state index contributed by atoms with van der Waals surface area (Å²) >= 11 is 0. The lowest BCUT2D eigenvalue weighted by molar-refractivity contribution is 0.0978. The summed E-state index contributed by atoms with van der Waals surface area (Å²) in [6.07, 6.45) is 3.63. The van der Waals surface area contributed by atoms with E-state index in [2.05, 4.69) is 62.4 Å². The highest BCUT2D eigenvalue weighted by Gasteiger charge is 2.17. The quantitative estimate of drug-likeness (QED) is 0.353. The smallest absolute Gasteiger partial charge is 0.235 e. The fourth-order valence-corrected chi connectivity index (χ4v) is 3.89. The van der Waals surface area contributed by atoms with E-state index in [1.807, 2.05) is 20.8 Å². The number of aryl methyl sites for hydroxylation is 3. The molecule has 0 aliphatic rings. The number of nitrogens with zero attached hydrogens (tertiary/aromatic N) is 3. The van der Waals surface area contributed by atoms with Crippen LogP contribution < -0.4 is 0 Å². The lowest BCUT2D eigenvalue weighted by atomic mass is 9.84. The minimum absolute atomic E-state index is 0. The van der Waals surface area contributed by atoms with Crippen molar-refractivity contribution < 1.29 is 12.4 Å². The Hall–Kier alpha value is -3.08. The molecule has 2 aromatic heterocycles. The number of Topliss-reactive ketones (excluding diaryl/α,β-unsaturated/α-hetero) is 2. The molecule has 0 N–H and O–H groups in total. The van der Waals surface area contributed by atoms with E-state index in [4.69, 9.17) is 0 Å². The third-order valence-electron chi connectivity index (χ3n) is 5.26. The van der Waals surface area contributed by atoms with Crippen LogP contribution in [0.3, 0.4) is 0 Å². The Balaban J connectivity index is 0.00000282. The largest absolute Gasteiger partial charge is 0.293 e. The second kappa shape index (κ2) is 10.7. The molecular weight excluding hydrogens is 410 g/mol. The van der Waals surface area contributed by atoms with Gasteiger partial charge in [-0.1, -0.05) is 59.4 Å². The van der Waals surface area contributed by atoms with Crippen LogP contribution in [0.4, 0.5) is 0 Å². The van der Waals surface area contributed by atoms with Crippen molar-refractivity contribution in [1.29, 1.82) is 0 Å². The van der Waals surface area contributed by atoms with Crippen LogP contribution in [-0.4, -0.2) is 25.9 Å². The number of aromatic nitrogens is 3. The van der Waals surface area contributed by atoms with E-state index in [0.29, 0.717) is 24.3 Å². The van der Waals surface area contributed by atoms with Gasteiger partial charge in [0.25, 0.3) is 0 Å². The van der Waals surface area contributed by atoms with Gasteiger partial charge in [-0.3, -0.25) is 14.0 Å². The molecule has 0 amide bonds. The van der Waals surface area contributed by atoms with Crippen LogP contribution in [0.25, 0.3) is 11.4 Å². The molecule has 5 nitrogen and oxygen atoms in total. The van der Waals surface area contributed by atoms with Gasteiger partial charge < -0.3 is 0 Å². The van der Waals surface area contributed by atoms with Gasteiger partial charge in [0.05, 0.1) is 11.4 Å². The van der Waals surface area contributed by atoms with Gasteiger partial charge in [0.1, 0.15) is 5.69 Å². The number of carbonyl (C=O) groups is 2. The minimum atomic E-state index is -0.124. The van der Waals surface area contributed by atoms with E-state index < -0.39 is 0 Å². The van der Waals surface area contributed by atoms with Gasteiger partial charge in [-0.25, -0.2) is 9.97 Å². The molecule has 0 aliphatic carbocycles. The highest BCUT2D eigenvalue weighted by molar-refractivity contribution is 5.99. The molecule has 0 radical (unpaired) electrons. The molecule has 0 fully saturated rings. The molecule has 0 spiro atoms. The maximum atomic E-state index is 12.8. The Morgan fingerprint density at radius 2 is 1.76 bits per heavy atom. The number of benzene rings is 1. The Bertz CT molecular complexity index is 1190. The van der Waals surface area contributed by atoms with Gasteiger partial charge in [0, 0.05) is 22.4 Å². The number of rotatable bonds is 7. The van der Waals surface area contributed by atoms with Crippen LogP contribution in [0, 0.1) is 19.3 Å². The maximum Gasteiger partial charge on any atom is 0.235 e. The fourth-order valence-electron chi connectivity index (χ4n) is 3.89. The first-order valence-electron chi connectivity index (χ1n) is 11.6. The van der Waals surface area contributed by atoms with E-state index in [9.17, 15) is 9.59 Å². The average Bonchev–Trinajstić information content (AvgIpc) is 3.11. The van der Waals surface area contributed by atoms with Gasteiger partial charge >= 0.3 is 0 Å². The Kier molecular flexibility index (Phi) is 8.48. The summed E-state index contributed by atoms with van der Waals surface area (Å²) in [5.41, 5.74) is 6.24. The van der Waals surface area contributed by atoms with Crippen molar-refractivity contribution >= 4 is 22.9 Å². The molecule has 1 aromatic carbocycles. The van der Waals surface area contributed by atoms with Crippen molar-refractivity contribution in [2.45, 2.75) is 74.7 Å². The van der Waals surface area contributed by atoms with Crippen LogP contribution in [0.15, 0.2) is 37.0 Å². The predicted molar refractivity (Wildman–Crippen MR) is 140 cm³/mol. The van der Waals surface area contributed by atoms with Gasteiger partial charge in [-0.2, -0.15) is 0 Å². The topological polar surface area (TPSA) is 64.3 Å². The number of hydrogen-bond donors (Lipinski definition) is 0. The molecule has 3 rings (SSSR count). The molecular formula is C28H41N3O2. The molecule has 3 aromatic rings. The summed E-state index contributed by atoms with van der Waals surface area (Å²) < 4.78 is 1.64. The first kappa shape index (κ1) is 26.2. The predicted octanol–water partition coefficient (Wildman–Crippen LogP) is 7.33. The van der Waals surface area contributed by atoms with Gasteiger partial charge in [-0.05, 0) is 60.4 Å². The summed E-state index contributed by atoms with van der Waals surface area (Å²) in [4.78, 5) is 33.6. The van der Waals surface area contributed by atoms with Crippen molar-refractivity contribution in [3.05, 3.63) is 70.8 Å². The van der Waals surface area contributed by atoms with Crippen molar-refractivity contribution in [3.63, 3.8) is 0 Å². The summed E-state index contributed by atoms with van der Waals surface area (Å²) in [6.45, 7) is 20.3. The lowest BCUT2D eigenvalue weighted by Crippen LogP contribution is -2.11. The van der Waals surface area contributed by atoms with E-state index >= 15 is 0 Å². The van der Waals surface area contributed by atoms with Gasteiger partial charge in [-0.15, -0.1) is 0 Å². The standard InChI is InChI=1S/C26H31N3O2.C2H6.2H2/c1-16-12-20(8-10-21(16)17(2)14-26(5,6)7)9-11-24(31)22-13-23(19(4)30)29-15-18(3)27-25(29)28-22;1-2;;/h8,10,12-13,15H,2,9,11,14H2,1,3-7H3;1-2H3;2*1H. The van der Waals surface area contributed by atoms with Crippen LogP contribution in [0.2, 0.25) is 0 Å². The third-order valence-corrected chi connectivity index (χ3v) is 5.26. The summed E-state index contributed by atoms with van der Waals surface area (Å²) in [7, 11) is 0. The lowest BCUT2D eigenvalue weighted by Gasteiger charge is -2.21. The van der Waals surface area contributed by atoms with Crippen LogP contribution in [-0.2, 0) is 6.42 Å². The second-order valence-corrected chi connectivity index (χ2v) is 9.55. The third kappa shape index (κ3) is 6.70. The first-order chi connectivity index (χ1) is 15.4. The SMILES string of the molecule is C=C(CC(C)(C)C)c1ccc(CCC(=O)c2cc(C(C)=O)n3cc(C)nc3n2)cc1C.CC.[HH].[HH]. The molecule has 5 heteroatoms. The van der Waals surface area contributed by atoms with Crippen LogP contribution in [0.5, 0.6) is 0 Å². The highest BCUT2D eigenvalue weighted by Crippen LogP contribution is 2.31. The number of hydrogen-bond acceptors (Lipinski definition) is 4. The molecule has 0 unspecified atom stereocenters. The molecule has 180 valence electrons. The highest BCUT2D eigenvalue weighted by atomic mass is 16.1. The monoisotopic (exact) mass is 451 g/mol. The van der Waals surface area contributed by atoms with Crippen LogP contribution in [0.1, 0.15) is 101 Å². The van der Waals surface area contributed by atoms with E-state index in [-0.39, 0.29) is 25.5 Å². The number of fused-ring (bicyclic) bond motifs is 1. The molecule has 33 heavy (non-hydrogen) atoms. The van der Waals surface area contributed by atoms with Crippen molar-refractivity contribution in [2.75, 3.05) is 0 Å². The number of imidazole rings is 1. The molecule has 0 bridgehead atoms. The first-order valence-corrected chi connectivity index (χ1v) is 11.6. The zero-order valence-electron chi connectivity index (χ0n) is 21.4. The van der Waals surface area contributed by atoms with Crippen molar-refractivity contribution in [2.24, 2.45) is 5.41 Å². The van der Waals surface area contributed by atoms with E-state index in [0.717, 1.165) is 23.3 Å². The molecule has 2 heterocycles. The molecule has 0 saturated carbocycles. The summed E-state index contributed by atoms with van der Waals surface area (Å²) in [5.74, 6) is 0.163. The normalized spacial score (nSPS) is 11.2. The minimum Gasteiger partial charge on any atom is -0.293 e. The molecule has 0 saturated heterocycles. The molecule has 0 aliphatic heterocycles. The number of ketones is 2. The number of allylic oxidation sites excluding steroid dienone is 1. The van der Waals surface area contributed by atoms with Gasteiger partial charge in [0.2, 0.25) is 5.78 Å². The Morgan fingerprint density at radius 3 is 2.33 bits per heavy atom. The summed E-state index contributed by atoms with van der Waals surface area (Å²) in [6, 6.07) is 7.88.